The van der Waals surface area contributed by atoms with Gasteiger partial charge in [-0.1, -0.05) is 31.5 Å². The van der Waals surface area contributed by atoms with Crippen molar-refractivity contribution in [2.24, 2.45) is 7.05 Å². The van der Waals surface area contributed by atoms with E-state index in [2.05, 4.69) is 15.3 Å². The summed E-state index contributed by atoms with van der Waals surface area (Å²) in [4.78, 5) is 55.0. The van der Waals surface area contributed by atoms with E-state index >= 15 is 0 Å². The summed E-state index contributed by atoms with van der Waals surface area (Å²) in [7, 11) is 1.61. The van der Waals surface area contributed by atoms with Crippen LogP contribution in [0.4, 0.5) is 0 Å². The molecule has 1 amide bonds. The van der Waals surface area contributed by atoms with Crippen molar-refractivity contribution in [2.75, 3.05) is 6.54 Å². The molecule has 158 valence electrons. The monoisotopic (exact) mass is 413 g/mol. The Morgan fingerprint density at radius 3 is 2.63 bits per heavy atom. The van der Waals surface area contributed by atoms with Crippen LogP contribution in [-0.4, -0.2) is 37.5 Å². The summed E-state index contributed by atoms with van der Waals surface area (Å²) in [6.07, 6.45) is 1.63. The molecule has 0 radical (unpaired) electrons. The van der Waals surface area contributed by atoms with E-state index in [0.717, 1.165) is 12.8 Å². The number of hydrogen-bond donors (Lipinski definition) is 2. The summed E-state index contributed by atoms with van der Waals surface area (Å²) in [6, 6.07) is 8.50. The molecule has 1 aromatic carbocycles. The molecule has 30 heavy (non-hydrogen) atoms. The fourth-order valence-electron chi connectivity index (χ4n) is 2.98. The van der Waals surface area contributed by atoms with Crippen LogP contribution in [0.25, 0.3) is 11.2 Å². The van der Waals surface area contributed by atoms with Gasteiger partial charge in [-0.3, -0.25) is 23.9 Å². The van der Waals surface area contributed by atoms with Crippen LogP contribution in [0, 0.1) is 0 Å². The first-order chi connectivity index (χ1) is 14.4. The van der Waals surface area contributed by atoms with E-state index in [1.54, 1.807) is 37.4 Å². The SMILES string of the molecule is CCCCn1c(=O)[nH]c(=O)c2c1nc(COC(=O)CNC(=O)c1ccccc1)n2C. The lowest BCUT2D eigenvalue weighted by molar-refractivity contribution is -0.143. The van der Waals surface area contributed by atoms with Gasteiger partial charge in [0.2, 0.25) is 0 Å². The minimum Gasteiger partial charge on any atom is -0.456 e. The summed E-state index contributed by atoms with van der Waals surface area (Å²) >= 11 is 0. The standard InChI is InChI=1S/C20H23N5O5/c1-3-4-10-25-17-16(19(28)23-20(25)29)24(2)14(22-17)12-30-15(26)11-21-18(27)13-8-6-5-7-9-13/h5-9H,3-4,10-12H2,1-2H3,(H,21,27)(H,23,28,29). The number of nitrogens with zero attached hydrogens (tertiary/aromatic N) is 3. The first-order valence-electron chi connectivity index (χ1n) is 9.59. The van der Waals surface area contributed by atoms with Crippen LogP contribution >= 0.6 is 0 Å². The highest BCUT2D eigenvalue weighted by molar-refractivity contribution is 5.95. The van der Waals surface area contributed by atoms with E-state index in [4.69, 9.17) is 4.74 Å². The lowest BCUT2D eigenvalue weighted by Gasteiger charge is -2.06. The number of aromatic amines is 1. The van der Waals surface area contributed by atoms with E-state index in [1.165, 1.54) is 9.13 Å². The second-order valence-corrected chi connectivity index (χ2v) is 6.73. The summed E-state index contributed by atoms with van der Waals surface area (Å²) < 4.78 is 8.08. The number of rotatable bonds is 8. The average Bonchev–Trinajstić information content (AvgIpc) is 3.07. The fraction of sp³-hybridized carbons (Fsp3) is 0.350. The number of carbonyl (C=O) groups is 2. The van der Waals surface area contributed by atoms with Gasteiger partial charge in [0.15, 0.2) is 11.2 Å². The summed E-state index contributed by atoms with van der Waals surface area (Å²) in [5.41, 5.74) is -0.154. The summed E-state index contributed by atoms with van der Waals surface area (Å²) in [5, 5.41) is 2.48. The molecule has 0 bridgehead atoms. The zero-order chi connectivity index (χ0) is 21.7. The van der Waals surface area contributed by atoms with E-state index in [9.17, 15) is 19.2 Å². The number of esters is 1. The Bertz CT molecular complexity index is 1180. The van der Waals surface area contributed by atoms with Crippen molar-refractivity contribution in [1.29, 1.82) is 0 Å². The number of hydrogen-bond acceptors (Lipinski definition) is 6. The number of nitrogens with one attached hydrogen (secondary N) is 2. The third-order valence-corrected chi connectivity index (χ3v) is 4.63. The van der Waals surface area contributed by atoms with Crippen LogP contribution in [0.15, 0.2) is 39.9 Å². The van der Waals surface area contributed by atoms with Crippen LogP contribution < -0.4 is 16.6 Å². The summed E-state index contributed by atoms with van der Waals surface area (Å²) in [6.45, 7) is 1.91. The van der Waals surface area contributed by atoms with E-state index < -0.39 is 17.2 Å². The smallest absolute Gasteiger partial charge is 0.330 e. The average molecular weight is 413 g/mol. The van der Waals surface area contributed by atoms with Crippen molar-refractivity contribution in [3.05, 3.63) is 62.6 Å². The Kier molecular flexibility index (Phi) is 6.45. The van der Waals surface area contributed by atoms with E-state index in [0.29, 0.717) is 17.9 Å². The number of unbranched alkanes of at least 4 members (excludes halogenated alkanes) is 1. The van der Waals surface area contributed by atoms with E-state index in [1.807, 2.05) is 6.92 Å². The van der Waals surface area contributed by atoms with Gasteiger partial charge < -0.3 is 14.6 Å². The van der Waals surface area contributed by atoms with Gasteiger partial charge in [-0.2, -0.15) is 0 Å². The third kappa shape index (κ3) is 4.48. The normalized spacial score (nSPS) is 10.9. The molecule has 0 aliphatic rings. The molecule has 0 unspecified atom stereocenters. The number of imidazole rings is 1. The molecule has 0 saturated heterocycles. The maximum atomic E-state index is 12.2. The maximum absolute atomic E-state index is 12.2. The van der Waals surface area contributed by atoms with Gasteiger partial charge in [0.25, 0.3) is 11.5 Å². The molecule has 2 aromatic heterocycles. The molecular formula is C20H23N5O5. The minimum absolute atomic E-state index is 0.202. The lowest BCUT2D eigenvalue weighted by atomic mass is 10.2. The first kappa shape index (κ1) is 21.0. The van der Waals surface area contributed by atoms with Gasteiger partial charge in [-0.05, 0) is 18.6 Å². The quantitative estimate of drug-likeness (QED) is 0.523. The van der Waals surface area contributed by atoms with Gasteiger partial charge in [0.1, 0.15) is 19.0 Å². The number of aromatic nitrogens is 4. The van der Waals surface area contributed by atoms with Crippen molar-refractivity contribution < 1.29 is 14.3 Å². The Balaban J connectivity index is 1.70. The molecule has 0 saturated carbocycles. The second-order valence-electron chi connectivity index (χ2n) is 6.73. The van der Waals surface area contributed by atoms with Gasteiger partial charge in [0.05, 0.1) is 0 Å². The molecule has 0 atom stereocenters. The first-order valence-corrected chi connectivity index (χ1v) is 9.59. The van der Waals surface area contributed by atoms with Crippen LogP contribution in [0.5, 0.6) is 0 Å². The molecule has 0 aliphatic carbocycles. The topological polar surface area (TPSA) is 128 Å². The molecule has 0 fully saturated rings. The molecule has 3 rings (SSSR count). The van der Waals surface area contributed by atoms with Gasteiger partial charge in [0, 0.05) is 19.2 Å². The maximum Gasteiger partial charge on any atom is 0.330 e. The number of carbonyl (C=O) groups excluding carboxylic acids is 2. The number of H-pyrrole nitrogens is 1. The zero-order valence-electron chi connectivity index (χ0n) is 16.8. The molecule has 0 aliphatic heterocycles. The van der Waals surface area contributed by atoms with Gasteiger partial charge in [-0.25, -0.2) is 9.78 Å². The van der Waals surface area contributed by atoms with Crippen molar-refractivity contribution in [3.8, 4) is 0 Å². The predicted molar refractivity (Wildman–Crippen MR) is 109 cm³/mol. The number of aryl methyl sites for hydroxylation is 2. The largest absolute Gasteiger partial charge is 0.456 e. The molecule has 10 nitrogen and oxygen atoms in total. The molecule has 10 heteroatoms. The van der Waals surface area contributed by atoms with Crippen LogP contribution in [0.3, 0.4) is 0 Å². The van der Waals surface area contributed by atoms with Crippen molar-refractivity contribution >= 4 is 23.0 Å². The predicted octanol–water partition coefficient (Wildman–Crippen LogP) is 0.697. The number of benzene rings is 1. The van der Waals surface area contributed by atoms with E-state index in [-0.39, 0.29) is 30.2 Å². The van der Waals surface area contributed by atoms with Crippen molar-refractivity contribution in [1.82, 2.24) is 24.4 Å². The number of amides is 1. The highest BCUT2D eigenvalue weighted by Crippen LogP contribution is 2.11. The third-order valence-electron chi connectivity index (χ3n) is 4.63. The summed E-state index contributed by atoms with van der Waals surface area (Å²) in [5.74, 6) is -0.723. The molecular weight excluding hydrogens is 390 g/mol. The molecule has 3 aromatic rings. The van der Waals surface area contributed by atoms with Gasteiger partial charge >= 0.3 is 11.7 Å². The Morgan fingerprint density at radius 2 is 1.93 bits per heavy atom. The molecule has 2 heterocycles. The van der Waals surface area contributed by atoms with Crippen molar-refractivity contribution in [2.45, 2.75) is 32.9 Å². The molecule has 2 N–H and O–H groups in total. The second kappa shape index (κ2) is 9.21. The Hall–Kier alpha value is -3.69. The molecule has 0 spiro atoms. The number of fused-ring (bicyclic) bond motifs is 1. The highest BCUT2D eigenvalue weighted by Gasteiger charge is 2.17. The Morgan fingerprint density at radius 1 is 1.20 bits per heavy atom. The van der Waals surface area contributed by atoms with Gasteiger partial charge in [-0.15, -0.1) is 0 Å². The minimum atomic E-state index is -0.649. The lowest BCUT2D eigenvalue weighted by Crippen LogP contribution is -2.31. The van der Waals surface area contributed by atoms with Crippen molar-refractivity contribution in [3.63, 3.8) is 0 Å². The highest BCUT2D eigenvalue weighted by atomic mass is 16.5. The van der Waals surface area contributed by atoms with Crippen LogP contribution in [-0.2, 0) is 29.7 Å². The fourth-order valence-corrected chi connectivity index (χ4v) is 2.98. The van der Waals surface area contributed by atoms with Crippen LogP contribution in [0.1, 0.15) is 35.9 Å². The Labute approximate surface area is 171 Å². The number of ether oxygens (including phenoxy) is 1. The van der Waals surface area contributed by atoms with Crippen LogP contribution in [0.2, 0.25) is 0 Å². The zero-order valence-corrected chi connectivity index (χ0v) is 16.8.